The van der Waals surface area contributed by atoms with Crippen molar-refractivity contribution in [3.8, 4) is 0 Å². The molecule has 0 aromatic rings. The fourth-order valence-electron chi connectivity index (χ4n) is 0.993. The van der Waals surface area contributed by atoms with Crippen LogP contribution in [0, 0.1) is 6.61 Å². The third-order valence-electron chi connectivity index (χ3n) is 1.56. The maximum atomic E-state index is 9.26. The molecule has 1 aliphatic heterocycles. The zero-order valence-electron chi connectivity index (χ0n) is 6.69. The lowest BCUT2D eigenvalue weighted by molar-refractivity contribution is 0.0421. The van der Waals surface area contributed by atoms with Crippen LogP contribution < -0.4 is 0 Å². The van der Waals surface area contributed by atoms with Gasteiger partial charge in [-0.3, -0.25) is 0 Å². The molecule has 1 heterocycles. The number of aliphatic hydroxyl groups excluding tert-OH is 2. The van der Waals surface area contributed by atoms with E-state index in [0.717, 1.165) is 5.57 Å². The molecule has 0 unspecified atom stereocenters. The summed E-state index contributed by atoms with van der Waals surface area (Å²) in [6.45, 7) is 5.09. The summed E-state index contributed by atoms with van der Waals surface area (Å²) >= 11 is 0. The summed E-state index contributed by atoms with van der Waals surface area (Å²) in [4.78, 5) is 0. The first-order valence-corrected chi connectivity index (χ1v) is 3.61. The van der Waals surface area contributed by atoms with Gasteiger partial charge in [-0.05, 0) is 13.8 Å². The van der Waals surface area contributed by atoms with Crippen LogP contribution in [0.25, 0.3) is 0 Å². The van der Waals surface area contributed by atoms with Crippen LogP contribution in [0.2, 0.25) is 0 Å². The number of aliphatic hydroxyl groups is 2. The van der Waals surface area contributed by atoms with Crippen molar-refractivity contribution in [2.45, 2.75) is 32.2 Å². The highest BCUT2D eigenvalue weighted by atomic mass is 16.5. The molecule has 3 nitrogen and oxygen atoms in total. The Bertz CT molecular complexity index is 161. The molecule has 0 bridgehead atoms. The standard InChI is InChI=1S/C8H13O3/c1-5(2)3-7-8(10)6(9)4-11-7/h3-4,6-10H,1-2H3/t6-,7+,8-/m0/s1. The van der Waals surface area contributed by atoms with Gasteiger partial charge in [-0.1, -0.05) is 11.6 Å². The molecule has 1 saturated heterocycles. The zero-order chi connectivity index (χ0) is 8.43. The van der Waals surface area contributed by atoms with E-state index in [4.69, 9.17) is 9.84 Å². The third-order valence-corrected chi connectivity index (χ3v) is 1.56. The minimum atomic E-state index is -0.851. The molecule has 0 aromatic heterocycles. The lowest BCUT2D eigenvalue weighted by Gasteiger charge is -2.10. The summed E-state index contributed by atoms with van der Waals surface area (Å²) in [5, 5.41) is 18.3. The van der Waals surface area contributed by atoms with Crippen molar-refractivity contribution < 1.29 is 14.9 Å². The van der Waals surface area contributed by atoms with Crippen molar-refractivity contribution in [3.63, 3.8) is 0 Å². The lowest BCUT2D eigenvalue weighted by Crippen LogP contribution is -2.27. The number of hydrogen-bond donors (Lipinski definition) is 2. The minimum absolute atomic E-state index is 0.380. The van der Waals surface area contributed by atoms with Crippen molar-refractivity contribution in [2.75, 3.05) is 0 Å². The SMILES string of the molecule is CC(C)=C[C@H]1O[CH][C@H](O)[C@@H]1O. The van der Waals surface area contributed by atoms with E-state index in [9.17, 15) is 5.11 Å². The largest absolute Gasteiger partial charge is 0.387 e. The zero-order valence-corrected chi connectivity index (χ0v) is 6.69. The van der Waals surface area contributed by atoms with Gasteiger partial charge in [-0.2, -0.15) is 0 Å². The maximum absolute atomic E-state index is 9.26. The summed E-state index contributed by atoms with van der Waals surface area (Å²) in [7, 11) is 0. The molecule has 2 N–H and O–H groups in total. The van der Waals surface area contributed by atoms with Crippen molar-refractivity contribution in [1.29, 1.82) is 0 Å². The van der Waals surface area contributed by atoms with Gasteiger partial charge in [0.1, 0.15) is 24.9 Å². The molecule has 3 heteroatoms. The monoisotopic (exact) mass is 157 g/mol. The Kier molecular flexibility index (Phi) is 2.65. The molecule has 3 atom stereocenters. The molecule has 1 fully saturated rings. The Morgan fingerprint density at radius 2 is 2.09 bits per heavy atom. The van der Waals surface area contributed by atoms with Gasteiger partial charge in [0, 0.05) is 0 Å². The topological polar surface area (TPSA) is 49.7 Å². The van der Waals surface area contributed by atoms with Crippen molar-refractivity contribution >= 4 is 0 Å². The van der Waals surface area contributed by atoms with Crippen LogP contribution >= 0.6 is 0 Å². The van der Waals surface area contributed by atoms with Gasteiger partial charge < -0.3 is 14.9 Å². The summed E-state index contributed by atoms with van der Waals surface area (Å²) < 4.78 is 4.99. The molecular formula is C8H13O3. The van der Waals surface area contributed by atoms with Crippen molar-refractivity contribution in [3.05, 3.63) is 18.3 Å². The second-order valence-corrected chi connectivity index (χ2v) is 2.96. The Morgan fingerprint density at radius 3 is 2.45 bits per heavy atom. The lowest BCUT2D eigenvalue weighted by atomic mass is 10.1. The molecule has 0 aliphatic carbocycles. The summed E-state index contributed by atoms with van der Waals surface area (Å²) in [6, 6.07) is 0. The smallest absolute Gasteiger partial charge is 0.116 e. The molecule has 0 saturated carbocycles. The van der Waals surface area contributed by atoms with Crippen LogP contribution in [0.1, 0.15) is 13.8 Å². The van der Waals surface area contributed by atoms with Gasteiger partial charge in [-0.25, -0.2) is 0 Å². The van der Waals surface area contributed by atoms with Crippen molar-refractivity contribution in [2.24, 2.45) is 0 Å². The van der Waals surface area contributed by atoms with E-state index in [1.165, 1.54) is 6.61 Å². The third kappa shape index (κ3) is 2.02. The average Bonchev–Trinajstić information content (AvgIpc) is 2.18. The van der Waals surface area contributed by atoms with Crippen LogP contribution in [0.4, 0.5) is 0 Å². The van der Waals surface area contributed by atoms with Gasteiger partial charge in [0.2, 0.25) is 0 Å². The molecule has 0 spiro atoms. The van der Waals surface area contributed by atoms with E-state index in [1.807, 2.05) is 13.8 Å². The second-order valence-electron chi connectivity index (χ2n) is 2.96. The molecular weight excluding hydrogens is 144 g/mol. The molecule has 63 valence electrons. The summed E-state index contributed by atoms with van der Waals surface area (Å²) in [6.07, 6.45) is -0.257. The number of hydrogen-bond acceptors (Lipinski definition) is 3. The van der Waals surface area contributed by atoms with Gasteiger partial charge in [-0.15, -0.1) is 0 Å². The quantitative estimate of drug-likeness (QED) is 0.536. The van der Waals surface area contributed by atoms with Gasteiger partial charge >= 0.3 is 0 Å². The second kappa shape index (κ2) is 3.34. The fourth-order valence-corrected chi connectivity index (χ4v) is 0.993. The molecule has 0 aromatic carbocycles. The normalized spacial score (nSPS) is 37.3. The highest BCUT2D eigenvalue weighted by Gasteiger charge is 2.33. The summed E-state index contributed by atoms with van der Waals surface area (Å²) in [5.74, 6) is 0. The van der Waals surface area contributed by atoms with Gasteiger partial charge in [0.25, 0.3) is 0 Å². The van der Waals surface area contributed by atoms with E-state index in [-0.39, 0.29) is 6.10 Å². The average molecular weight is 157 g/mol. The van der Waals surface area contributed by atoms with Crippen LogP contribution in [0.15, 0.2) is 11.6 Å². The fraction of sp³-hybridized carbons (Fsp3) is 0.625. The van der Waals surface area contributed by atoms with E-state index >= 15 is 0 Å². The molecule has 1 aliphatic rings. The highest BCUT2D eigenvalue weighted by Crippen LogP contribution is 2.19. The number of rotatable bonds is 1. The van der Waals surface area contributed by atoms with Crippen LogP contribution in [0.5, 0.6) is 0 Å². The Balaban J connectivity index is 2.55. The van der Waals surface area contributed by atoms with Gasteiger partial charge in [0.15, 0.2) is 0 Å². The highest BCUT2D eigenvalue weighted by molar-refractivity contribution is 5.06. The van der Waals surface area contributed by atoms with E-state index < -0.39 is 12.2 Å². The first-order chi connectivity index (χ1) is 5.11. The summed E-state index contributed by atoms with van der Waals surface area (Å²) in [5.41, 5.74) is 1.07. The predicted octanol–water partition coefficient (Wildman–Crippen LogP) is 0.235. The van der Waals surface area contributed by atoms with E-state index in [2.05, 4.69) is 0 Å². The van der Waals surface area contributed by atoms with E-state index in [1.54, 1.807) is 6.08 Å². The minimum Gasteiger partial charge on any atom is -0.387 e. The van der Waals surface area contributed by atoms with Gasteiger partial charge in [0.05, 0.1) is 0 Å². The predicted molar refractivity (Wildman–Crippen MR) is 40.6 cm³/mol. The van der Waals surface area contributed by atoms with Crippen LogP contribution in [0.3, 0.4) is 0 Å². The number of allylic oxidation sites excluding steroid dienone is 1. The van der Waals surface area contributed by atoms with Crippen LogP contribution in [-0.4, -0.2) is 28.5 Å². The van der Waals surface area contributed by atoms with Crippen molar-refractivity contribution in [1.82, 2.24) is 0 Å². The number of ether oxygens (including phenoxy) is 1. The van der Waals surface area contributed by atoms with E-state index in [0.29, 0.717) is 0 Å². The first-order valence-electron chi connectivity index (χ1n) is 3.61. The molecule has 11 heavy (non-hydrogen) atoms. The Hall–Kier alpha value is -0.380. The molecule has 1 radical (unpaired) electrons. The van der Waals surface area contributed by atoms with Crippen LogP contribution in [-0.2, 0) is 4.74 Å². The molecule has 0 amide bonds. The first kappa shape index (κ1) is 8.71. The Morgan fingerprint density at radius 1 is 1.45 bits per heavy atom. The molecule has 1 rings (SSSR count). The Labute approximate surface area is 66.3 Å². The maximum Gasteiger partial charge on any atom is 0.116 e.